The molecule has 1 aromatic heterocycles. The van der Waals surface area contributed by atoms with Crippen molar-refractivity contribution >= 4 is 45.6 Å². The topological polar surface area (TPSA) is 81.0 Å². The highest BCUT2D eigenvalue weighted by molar-refractivity contribution is 6.52. The van der Waals surface area contributed by atoms with E-state index in [2.05, 4.69) is 0 Å². The number of halogens is 1. The molecule has 8 heteroatoms. The lowest BCUT2D eigenvalue weighted by Crippen LogP contribution is -2.29. The smallest absolute Gasteiger partial charge is 0.300 e. The van der Waals surface area contributed by atoms with Crippen LogP contribution < -0.4 is 14.4 Å². The van der Waals surface area contributed by atoms with E-state index in [1.165, 1.54) is 12.0 Å². The molecule has 1 saturated heterocycles. The molecule has 1 fully saturated rings. The number of aliphatic hydroxyl groups excluding tert-OH is 1. The summed E-state index contributed by atoms with van der Waals surface area (Å²) >= 11 is 6.40. The van der Waals surface area contributed by atoms with E-state index >= 15 is 0 Å². The van der Waals surface area contributed by atoms with Gasteiger partial charge in [0.25, 0.3) is 11.7 Å². The number of hydrogen-bond donors (Lipinski definition) is 1. The van der Waals surface area contributed by atoms with Crippen molar-refractivity contribution in [2.24, 2.45) is 7.05 Å². The number of amides is 1. The molecular weight excluding hydrogens is 492 g/mol. The van der Waals surface area contributed by atoms with Crippen molar-refractivity contribution in [3.8, 4) is 11.5 Å². The molecule has 0 aliphatic carbocycles. The first-order valence-corrected chi connectivity index (χ1v) is 12.0. The summed E-state index contributed by atoms with van der Waals surface area (Å²) in [6.07, 6.45) is 1.88. The van der Waals surface area contributed by atoms with Gasteiger partial charge in [0.15, 0.2) is 0 Å². The van der Waals surface area contributed by atoms with Crippen LogP contribution in [0.25, 0.3) is 16.7 Å². The van der Waals surface area contributed by atoms with Crippen molar-refractivity contribution in [2.45, 2.75) is 13.0 Å². The molecule has 5 rings (SSSR count). The van der Waals surface area contributed by atoms with Crippen LogP contribution in [-0.2, 0) is 16.6 Å². The van der Waals surface area contributed by atoms with Crippen LogP contribution in [0.2, 0.25) is 5.02 Å². The van der Waals surface area contributed by atoms with Gasteiger partial charge >= 0.3 is 0 Å². The van der Waals surface area contributed by atoms with Crippen molar-refractivity contribution in [1.82, 2.24) is 4.57 Å². The van der Waals surface area contributed by atoms with Crippen LogP contribution in [0, 0.1) is 6.92 Å². The Labute approximate surface area is 219 Å². The molecule has 0 radical (unpaired) electrons. The van der Waals surface area contributed by atoms with Gasteiger partial charge in [-0.25, -0.2) is 0 Å². The Bertz CT molecular complexity index is 1590. The van der Waals surface area contributed by atoms with Gasteiger partial charge in [-0.1, -0.05) is 29.8 Å². The Morgan fingerprint density at radius 1 is 1.00 bits per heavy atom. The Morgan fingerprint density at radius 3 is 2.38 bits per heavy atom. The SMILES string of the molecule is COc1ccc(N2C(=O)C(=O)/C(=C(/O)c3cc(C)cc(Cl)c3OC)C2c2cn(C)c3ccccc23)cc1. The van der Waals surface area contributed by atoms with Crippen LogP contribution in [0.3, 0.4) is 0 Å². The zero-order valence-corrected chi connectivity index (χ0v) is 21.5. The van der Waals surface area contributed by atoms with E-state index in [0.29, 0.717) is 17.0 Å². The maximum absolute atomic E-state index is 13.6. The molecule has 1 N–H and O–H groups in total. The van der Waals surface area contributed by atoms with E-state index in [1.807, 2.05) is 49.0 Å². The second kappa shape index (κ2) is 9.33. The first-order valence-electron chi connectivity index (χ1n) is 11.6. The van der Waals surface area contributed by atoms with E-state index in [9.17, 15) is 14.7 Å². The number of ether oxygens (including phenoxy) is 2. The number of benzene rings is 3. The minimum absolute atomic E-state index is 0.0443. The third kappa shape index (κ3) is 3.92. The number of carbonyl (C=O) groups excluding carboxylic acids is 2. The van der Waals surface area contributed by atoms with Crippen molar-refractivity contribution in [3.63, 3.8) is 0 Å². The molecule has 1 aliphatic heterocycles. The lowest BCUT2D eigenvalue weighted by Gasteiger charge is -2.25. The van der Waals surface area contributed by atoms with Gasteiger partial charge in [0.05, 0.1) is 36.4 Å². The minimum atomic E-state index is -0.900. The highest BCUT2D eigenvalue weighted by Crippen LogP contribution is 2.46. The number of para-hydroxylation sites is 1. The largest absolute Gasteiger partial charge is 0.507 e. The second-order valence-electron chi connectivity index (χ2n) is 8.91. The predicted octanol–water partition coefficient (Wildman–Crippen LogP) is 5.78. The van der Waals surface area contributed by atoms with Gasteiger partial charge in [0.1, 0.15) is 17.3 Å². The summed E-state index contributed by atoms with van der Waals surface area (Å²) in [7, 11) is 4.89. The third-order valence-electron chi connectivity index (χ3n) is 6.66. The molecule has 2 heterocycles. The lowest BCUT2D eigenvalue weighted by atomic mass is 9.94. The Kier molecular flexibility index (Phi) is 6.17. The molecule has 0 bridgehead atoms. The van der Waals surface area contributed by atoms with Gasteiger partial charge in [0.2, 0.25) is 0 Å². The quantitative estimate of drug-likeness (QED) is 0.206. The fourth-order valence-corrected chi connectivity index (χ4v) is 5.34. The number of methoxy groups -OCH3 is 2. The van der Waals surface area contributed by atoms with Gasteiger partial charge < -0.3 is 19.1 Å². The standard InChI is InChI=1S/C29H25ClN2O5/c1-16-13-20(28(37-4)22(30)14-16)26(33)24-25(21-15-31(2)23-8-6-5-7-19(21)23)32(29(35)27(24)34)17-9-11-18(36-3)12-10-17/h5-15,25,33H,1-4H3/b26-24+. The molecule has 188 valence electrons. The summed E-state index contributed by atoms with van der Waals surface area (Å²) in [6.45, 7) is 1.82. The van der Waals surface area contributed by atoms with Crippen molar-refractivity contribution in [2.75, 3.05) is 19.1 Å². The van der Waals surface area contributed by atoms with Gasteiger partial charge in [-0.05, 0) is 55.0 Å². The maximum atomic E-state index is 13.6. The summed E-state index contributed by atoms with van der Waals surface area (Å²) in [4.78, 5) is 28.6. The molecule has 4 aromatic rings. The first kappa shape index (κ1) is 24.5. The number of aromatic nitrogens is 1. The van der Waals surface area contributed by atoms with Crippen molar-refractivity contribution < 1.29 is 24.2 Å². The normalized spacial score (nSPS) is 17.0. The average Bonchev–Trinajstić information content (AvgIpc) is 3.36. The van der Waals surface area contributed by atoms with E-state index in [-0.39, 0.29) is 27.7 Å². The van der Waals surface area contributed by atoms with Crippen LogP contribution in [0.5, 0.6) is 11.5 Å². The highest BCUT2D eigenvalue weighted by atomic mass is 35.5. The van der Waals surface area contributed by atoms with E-state index < -0.39 is 17.7 Å². The van der Waals surface area contributed by atoms with Crippen molar-refractivity contribution in [1.29, 1.82) is 0 Å². The summed E-state index contributed by atoms with van der Waals surface area (Å²) in [6, 6.07) is 17.1. The summed E-state index contributed by atoms with van der Waals surface area (Å²) in [5, 5.41) is 12.8. The number of aryl methyl sites for hydroxylation is 2. The molecule has 1 atom stereocenters. The Balaban J connectivity index is 1.82. The average molecular weight is 517 g/mol. The number of aliphatic hydroxyl groups is 1. The van der Waals surface area contributed by atoms with E-state index in [4.69, 9.17) is 21.1 Å². The Hall–Kier alpha value is -4.23. The zero-order chi connectivity index (χ0) is 26.4. The van der Waals surface area contributed by atoms with E-state index in [1.54, 1.807) is 43.5 Å². The molecule has 37 heavy (non-hydrogen) atoms. The molecule has 0 spiro atoms. The summed E-state index contributed by atoms with van der Waals surface area (Å²) in [5.74, 6) is -1.07. The first-order chi connectivity index (χ1) is 17.8. The maximum Gasteiger partial charge on any atom is 0.300 e. The molecular formula is C29H25ClN2O5. The summed E-state index contributed by atoms with van der Waals surface area (Å²) in [5.41, 5.74) is 3.08. The number of nitrogens with zero attached hydrogens (tertiary/aromatic N) is 2. The van der Waals surface area contributed by atoms with Crippen LogP contribution in [0.1, 0.15) is 22.7 Å². The zero-order valence-electron chi connectivity index (χ0n) is 20.8. The van der Waals surface area contributed by atoms with Gasteiger partial charge in [-0.15, -0.1) is 0 Å². The van der Waals surface area contributed by atoms with Crippen LogP contribution >= 0.6 is 11.6 Å². The Morgan fingerprint density at radius 2 is 1.70 bits per heavy atom. The third-order valence-corrected chi connectivity index (χ3v) is 6.95. The highest BCUT2D eigenvalue weighted by Gasteiger charge is 2.48. The van der Waals surface area contributed by atoms with Gasteiger partial charge in [0, 0.05) is 35.4 Å². The number of carbonyl (C=O) groups is 2. The molecule has 1 unspecified atom stereocenters. The fourth-order valence-electron chi connectivity index (χ4n) is 4.98. The number of anilines is 1. The van der Waals surface area contributed by atoms with Crippen LogP contribution in [0.4, 0.5) is 5.69 Å². The minimum Gasteiger partial charge on any atom is -0.507 e. The molecule has 1 amide bonds. The second-order valence-corrected chi connectivity index (χ2v) is 9.31. The van der Waals surface area contributed by atoms with Crippen molar-refractivity contribution in [3.05, 3.63) is 94.1 Å². The number of hydrogen-bond acceptors (Lipinski definition) is 5. The molecule has 7 nitrogen and oxygen atoms in total. The van der Waals surface area contributed by atoms with Gasteiger partial charge in [-0.2, -0.15) is 0 Å². The van der Waals surface area contributed by atoms with Gasteiger partial charge in [-0.3, -0.25) is 14.5 Å². The summed E-state index contributed by atoms with van der Waals surface area (Å²) < 4.78 is 12.7. The fraction of sp³-hybridized carbons (Fsp3) is 0.172. The number of rotatable bonds is 5. The predicted molar refractivity (Wildman–Crippen MR) is 143 cm³/mol. The number of fused-ring (bicyclic) bond motifs is 1. The van der Waals surface area contributed by atoms with Crippen LogP contribution in [0.15, 0.2) is 72.4 Å². The van der Waals surface area contributed by atoms with E-state index in [0.717, 1.165) is 16.5 Å². The number of ketones is 1. The molecule has 3 aromatic carbocycles. The number of Topliss-reactive ketones (excluding diaryl/α,β-unsaturated/α-hetero) is 1. The molecule has 1 aliphatic rings. The lowest BCUT2D eigenvalue weighted by molar-refractivity contribution is -0.132. The van der Waals surface area contributed by atoms with Crippen LogP contribution in [-0.4, -0.2) is 35.6 Å². The molecule has 0 saturated carbocycles. The monoisotopic (exact) mass is 516 g/mol.